The van der Waals surface area contributed by atoms with Crippen LogP contribution in [0.4, 0.5) is 0 Å². The van der Waals surface area contributed by atoms with Gasteiger partial charge < -0.3 is 9.47 Å². The van der Waals surface area contributed by atoms with Crippen molar-refractivity contribution >= 4 is 33.4 Å². The number of ether oxygens (including phenoxy) is 2. The highest BCUT2D eigenvalue weighted by molar-refractivity contribution is 7.21. The Bertz CT molecular complexity index is 641. The quantitative estimate of drug-likeness (QED) is 0.605. The van der Waals surface area contributed by atoms with E-state index in [1.165, 1.54) is 11.3 Å². The summed E-state index contributed by atoms with van der Waals surface area (Å²) in [7, 11) is 0. The van der Waals surface area contributed by atoms with Crippen molar-refractivity contribution in [3.05, 3.63) is 28.6 Å². The first-order chi connectivity index (χ1) is 8.20. The molecular formula is C12H8O4S. The number of hydrogen-bond acceptors (Lipinski definition) is 5. The Labute approximate surface area is 101 Å². The summed E-state index contributed by atoms with van der Waals surface area (Å²) in [6, 6.07) is 5.41. The lowest BCUT2D eigenvalue weighted by molar-refractivity contribution is 0.0446. The van der Waals surface area contributed by atoms with Crippen LogP contribution in [0.3, 0.4) is 0 Å². The average Bonchev–Trinajstić information content (AvgIpc) is 2.79. The molecule has 2 aromatic rings. The van der Waals surface area contributed by atoms with Crippen LogP contribution in [0.5, 0.6) is 5.75 Å². The van der Waals surface area contributed by atoms with Gasteiger partial charge in [0.15, 0.2) is 0 Å². The smallest absolute Gasteiger partial charge is 0.357 e. The Morgan fingerprint density at radius 2 is 2.12 bits per heavy atom. The normalized spacial score (nSPS) is 13.9. The highest BCUT2D eigenvalue weighted by atomic mass is 32.1. The van der Waals surface area contributed by atoms with Gasteiger partial charge in [-0.1, -0.05) is 0 Å². The third kappa shape index (κ3) is 1.43. The van der Waals surface area contributed by atoms with Crippen molar-refractivity contribution in [1.82, 2.24) is 0 Å². The summed E-state index contributed by atoms with van der Waals surface area (Å²) in [6.45, 7) is 2.48. The van der Waals surface area contributed by atoms with Gasteiger partial charge in [-0.3, -0.25) is 0 Å². The molecule has 0 N–H and O–H groups in total. The standard InChI is InChI=1S/C12H8O4S/c1-2-15-6-3-4-7-8(5-6)17-10-9(7)11(13)16-12(10)14/h3-5H,2H2,1H3. The Kier molecular flexibility index (Phi) is 2.16. The van der Waals surface area contributed by atoms with Crippen LogP contribution >= 0.6 is 11.3 Å². The molecule has 1 aromatic carbocycles. The number of fused-ring (bicyclic) bond motifs is 3. The molecule has 5 heteroatoms. The SMILES string of the molecule is CCOc1ccc2c3c(sc2c1)C(=O)OC3=O. The van der Waals surface area contributed by atoms with E-state index in [1.807, 2.05) is 13.0 Å². The predicted molar refractivity (Wildman–Crippen MR) is 62.7 cm³/mol. The monoisotopic (exact) mass is 248 g/mol. The van der Waals surface area contributed by atoms with Crippen LogP contribution in [-0.2, 0) is 4.74 Å². The highest BCUT2D eigenvalue weighted by Crippen LogP contribution is 2.37. The molecule has 2 heterocycles. The van der Waals surface area contributed by atoms with E-state index in [0.29, 0.717) is 17.0 Å². The zero-order valence-electron chi connectivity index (χ0n) is 8.98. The minimum Gasteiger partial charge on any atom is -0.494 e. The van der Waals surface area contributed by atoms with Gasteiger partial charge >= 0.3 is 11.9 Å². The lowest BCUT2D eigenvalue weighted by Gasteiger charge is -2.02. The molecule has 0 radical (unpaired) electrons. The summed E-state index contributed by atoms with van der Waals surface area (Å²) in [6.07, 6.45) is 0. The Hall–Kier alpha value is -1.88. The van der Waals surface area contributed by atoms with Crippen LogP contribution < -0.4 is 4.74 Å². The van der Waals surface area contributed by atoms with Crippen LogP contribution in [-0.4, -0.2) is 18.5 Å². The maximum absolute atomic E-state index is 11.5. The van der Waals surface area contributed by atoms with E-state index in [-0.39, 0.29) is 0 Å². The maximum Gasteiger partial charge on any atom is 0.357 e. The molecule has 1 aromatic heterocycles. The number of hydrogen-bond donors (Lipinski definition) is 0. The highest BCUT2D eigenvalue weighted by Gasteiger charge is 2.34. The van der Waals surface area contributed by atoms with Crippen molar-refractivity contribution in [3.63, 3.8) is 0 Å². The molecule has 0 atom stereocenters. The molecule has 0 aliphatic carbocycles. The van der Waals surface area contributed by atoms with E-state index in [9.17, 15) is 9.59 Å². The molecule has 86 valence electrons. The molecule has 0 fully saturated rings. The van der Waals surface area contributed by atoms with Gasteiger partial charge in [0, 0.05) is 10.1 Å². The fourth-order valence-electron chi connectivity index (χ4n) is 1.86. The van der Waals surface area contributed by atoms with Crippen LogP contribution in [0.2, 0.25) is 0 Å². The lowest BCUT2D eigenvalue weighted by Crippen LogP contribution is -1.98. The van der Waals surface area contributed by atoms with Gasteiger partial charge in [-0.25, -0.2) is 9.59 Å². The van der Waals surface area contributed by atoms with Gasteiger partial charge in [0.2, 0.25) is 0 Å². The van der Waals surface area contributed by atoms with Crippen molar-refractivity contribution in [1.29, 1.82) is 0 Å². The van der Waals surface area contributed by atoms with Gasteiger partial charge in [-0.15, -0.1) is 11.3 Å². The molecule has 0 amide bonds. The second-order valence-electron chi connectivity index (χ2n) is 3.57. The molecule has 4 nitrogen and oxygen atoms in total. The minimum atomic E-state index is -0.555. The Morgan fingerprint density at radius 1 is 1.29 bits per heavy atom. The molecule has 3 rings (SSSR count). The number of cyclic esters (lactones) is 2. The third-order valence-corrected chi connectivity index (χ3v) is 3.68. The summed E-state index contributed by atoms with van der Waals surface area (Å²) in [4.78, 5) is 23.3. The van der Waals surface area contributed by atoms with E-state index in [4.69, 9.17) is 4.74 Å². The van der Waals surface area contributed by atoms with Crippen LogP contribution in [0.1, 0.15) is 27.0 Å². The van der Waals surface area contributed by atoms with E-state index in [1.54, 1.807) is 12.1 Å². The number of esters is 2. The lowest BCUT2D eigenvalue weighted by atomic mass is 10.1. The first-order valence-corrected chi connectivity index (χ1v) is 5.98. The molecule has 1 aliphatic rings. The molecule has 0 saturated heterocycles. The van der Waals surface area contributed by atoms with Gasteiger partial charge in [-0.2, -0.15) is 0 Å². The zero-order valence-corrected chi connectivity index (χ0v) is 9.80. The zero-order chi connectivity index (χ0) is 12.0. The summed E-state index contributed by atoms with van der Waals surface area (Å²) in [5, 5.41) is 0.754. The topological polar surface area (TPSA) is 52.6 Å². The summed E-state index contributed by atoms with van der Waals surface area (Å²) >= 11 is 1.26. The average molecular weight is 248 g/mol. The van der Waals surface area contributed by atoms with E-state index in [0.717, 1.165) is 15.8 Å². The second-order valence-corrected chi connectivity index (χ2v) is 4.63. The predicted octanol–water partition coefficient (Wildman–Crippen LogP) is 2.61. The minimum absolute atomic E-state index is 0.387. The van der Waals surface area contributed by atoms with Gasteiger partial charge in [0.25, 0.3) is 0 Å². The molecular weight excluding hydrogens is 240 g/mol. The number of benzene rings is 1. The summed E-state index contributed by atoms with van der Waals surface area (Å²) in [5.41, 5.74) is 0.387. The maximum atomic E-state index is 11.5. The number of carbonyl (C=O) groups excluding carboxylic acids is 2. The molecule has 0 unspecified atom stereocenters. The van der Waals surface area contributed by atoms with E-state index in [2.05, 4.69) is 4.74 Å². The third-order valence-electron chi connectivity index (χ3n) is 2.55. The van der Waals surface area contributed by atoms with Crippen LogP contribution in [0, 0.1) is 0 Å². The number of carbonyl (C=O) groups is 2. The van der Waals surface area contributed by atoms with E-state index >= 15 is 0 Å². The van der Waals surface area contributed by atoms with Crippen molar-refractivity contribution in [2.24, 2.45) is 0 Å². The van der Waals surface area contributed by atoms with Crippen LogP contribution in [0.15, 0.2) is 18.2 Å². The van der Waals surface area contributed by atoms with E-state index < -0.39 is 11.9 Å². The fourth-order valence-corrected chi connectivity index (χ4v) is 2.96. The Balaban J connectivity index is 2.22. The fraction of sp³-hybridized carbons (Fsp3) is 0.167. The van der Waals surface area contributed by atoms with Crippen LogP contribution in [0.25, 0.3) is 10.1 Å². The first kappa shape index (κ1) is 10.3. The van der Waals surface area contributed by atoms with Gasteiger partial charge in [-0.05, 0) is 25.1 Å². The van der Waals surface area contributed by atoms with Crippen molar-refractivity contribution in [3.8, 4) is 5.75 Å². The summed E-state index contributed by atoms with van der Waals surface area (Å²) in [5.74, 6) is -0.370. The largest absolute Gasteiger partial charge is 0.494 e. The molecule has 1 aliphatic heterocycles. The molecule has 0 spiro atoms. The Morgan fingerprint density at radius 3 is 2.88 bits per heavy atom. The molecule has 17 heavy (non-hydrogen) atoms. The number of rotatable bonds is 2. The molecule has 0 saturated carbocycles. The summed E-state index contributed by atoms with van der Waals surface area (Å²) < 4.78 is 10.8. The van der Waals surface area contributed by atoms with Crippen molar-refractivity contribution in [2.45, 2.75) is 6.92 Å². The molecule has 0 bridgehead atoms. The first-order valence-electron chi connectivity index (χ1n) is 5.16. The van der Waals surface area contributed by atoms with Gasteiger partial charge in [0.1, 0.15) is 10.6 Å². The number of thiophene rings is 1. The van der Waals surface area contributed by atoms with Crippen molar-refractivity contribution < 1.29 is 19.1 Å². The van der Waals surface area contributed by atoms with Crippen molar-refractivity contribution in [2.75, 3.05) is 6.61 Å². The van der Waals surface area contributed by atoms with Gasteiger partial charge in [0.05, 0.1) is 12.2 Å². The second kappa shape index (κ2) is 3.56.